The first-order chi connectivity index (χ1) is 21.9. The maximum absolute atomic E-state index is 13.3. The van der Waals surface area contributed by atoms with Gasteiger partial charge in [0.15, 0.2) is 11.5 Å². The number of benzene rings is 2. The van der Waals surface area contributed by atoms with E-state index in [4.69, 9.17) is 14.7 Å². The first-order valence-corrected chi connectivity index (χ1v) is 16.1. The zero-order valence-electron chi connectivity index (χ0n) is 24.9. The Morgan fingerprint density at radius 2 is 1.78 bits per heavy atom. The van der Waals surface area contributed by atoms with Crippen LogP contribution in [-0.4, -0.2) is 55.8 Å². The average molecular weight is 649 g/mol. The fourth-order valence-electron chi connectivity index (χ4n) is 5.65. The fraction of sp³-hybridized carbons (Fsp3) is 0.258. The Labute approximate surface area is 261 Å². The van der Waals surface area contributed by atoms with Crippen LogP contribution in [0, 0.1) is 0 Å². The molecule has 15 heteroatoms. The molecule has 0 unspecified atom stereocenters. The Balaban J connectivity index is 1.36. The van der Waals surface area contributed by atoms with Crippen molar-refractivity contribution < 1.29 is 26.3 Å². The number of imidazole rings is 1. The van der Waals surface area contributed by atoms with Gasteiger partial charge < -0.3 is 13.9 Å². The zero-order valence-corrected chi connectivity index (χ0v) is 25.7. The quantitative estimate of drug-likeness (QED) is 0.220. The van der Waals surface area contributed by atoms with Crippen LogP contribution in [0.5, 0.6) is 5.88 Å². The SMILES string of the molecule is COc1ncnc(C2CC2)c1-c1ncc2c3ccc(NS(C)(=O)=O)cc3n(Cc3ccc(-c4nc(C(F)(F)F)cn4C)cc3)c2n1. The Morgan fingerprint density at radius 3 is 2.43 bits per heavy atom. The number of methoxy groups -OCH3 is 1. The summed E-state index contributed by atoms with van der Waals surface area (Å²) in [6.45, 7) is 0.311. The number of hydrogen-bond donors (Lipinski definition) is 1. The van der Waals surface area contributed by atoms with E-state index in [-0.39, 0.29) is 11.7 Å². The molecule has 1 N–H and O–H groups in total. The molecule has 0 aliphatic heterocycles. The molecule has 236 valence electrons. The number of aryl methyl sites for hydroxylation is 1. The van der Waals surface area contributed by atoms with Crippen molar-refractivity contribution in [1.82, 2.24) is 34.1 Å². The van der Waals surface area contributed by atoms with Crippen LogP contribution in [0.4, 0.5) is 18.9 Å². The molecule has 2 aromatic carbocycles. The molecule has 0 saturated heterocycles. The van der Waals surface area contributed by atoms with Gasteiger partial charge in [-0.2, -0.15) is 13.2 Å². The molecule has 0 radical (unpaired) electrons. The molecule has 1 aliphatic rings. The third-order valence-corrected chi connectivity index (χ3v) is 8.46. The van der Waals surface area contributed by atoms with Gasteiger partial charge in [0.05, 0.1) is 30.3 Å². The second-order valence-corrected chi connectivity index (χ2v) is 13.0. The van der Waals surface area contributed by atoms with Crippen LogP contribution in [0.2, 0.25) is 0 Å². The first-order valence-electron chi connectivity index (χ1n) is 14.3. The molecule has 1 aliphatic carbocycles. The summed E-state index contributed by atoms with van der Waals surface area (Å²) in [5, 5.41) is 1.56. The molecule has 46 heavy (non-hydrogen) atoms. The predicted molar refractivity (Wildman–Crippen MR) is 166 cm³/mol. The van der Waals surface area contributed by atoms with Gasteiger partial charge in [-0.05, 0) is 30.5 Å². The third kappa shape index (κ3) is 5.50. The summed E-state index contributed by atoms with van der Waals surface area (Å²) in [5.41, 5.74) is 3.52. The summed E-state index contributed by atoms with van der Waals surface area (Å²) in [5.74, 6) is 1.23. The number of halogens is 3. The molecule has 0 bridgehead atoms. The van der Waals surface area contributed by atoms with E-state index in [0.29, 0.717) is 46.2 Å². The van der Waals surface area contributed by atoms with Crippen LogP contribution >= 0.6 is 0 Å². The van der Waals surface area contributed by atoms with Crippen LogP contribution in [0.3, 0.4) is 0 Å². The lowest BCUT2D eigenvalue weighted by Gasteiger charge is -2.12. The van der Waals surface area contributed by atoms with Gasteiger partial charge >= 0.3 is 6.18 Å². The smallest absolute Gasteiger partial charge is 0.434 e. The molecular formula is C31H27F3N8O3S. The van der Waals surface area contributed by atoms with Gasteiger partial charge in [-0.3, -0.25) is 4.72 Å². The summed E-state index contributed by atoms with van der Waals surface area (Å²) < 4.78 is 75.2. The Bertz CT molecular complexity index is 2240. The number of nitrogens with zero attached hydrogens (tertiary/aromatic N) is 7. The van der Waals surface area contributed by atoms with Crippen molar-refractivity contribution in [3.05, 3.63) is 78.1 Å². The van der Waals surface area contributed by atoms with Crippen molar-refractivity contribution in [3.8, 4) is 28.7 Å². The highest BCUT2D eigenvalue weighted by atomic mass is 32.2. The van der Waals surface area contributed by atoms with Crippen molar-refractivity contribution in [2.24, 2.45) is 7.05 Å². The number of fused-ring (bicyclic) bond motifs is 3. The number of sulfonamides is 1. The van der Waals surface area contributed by atoms with E-state index in [1.807, 2.05) is 22.8 Å². The molecule has 0 amide bonds. The Hall–Kier alpha value is -5.05. The van der Waals surface area contributed by atoms with Crippen molar-refractivity contribution in [2.45, 2.75) is 31.5 Å². The lowest BCUT2D eigenvalue weighted by atomic mass is 10.1. The van der Waals surface area contributed by atoms with Crippen LogP contribution in [0.15, 0.2) is 61.2 Å². The largest absolute Gasteiger partial charge is 0.480 e. The monoisotopic (exact) mass is 648 g/mol. The van der Waals surface area contributed by atoms with E-state index in [0.717, 1.165) is 47.3 Å². The van der Waals surface area contributed by atoms with Crippen LogP contribution in [0.1, 0.15) is 35.7 Å². The summed E-state index contributed by atoms with van der Waals surface area (Å²) in [7, 11) is -0.488. The van der Waals surface area contributed by atoms with Gasteiger partial charge in [0.25, 0.3) is 0 Å². The van der Waals surface area contributed by atoms with Gasteiger partial charge in [-0.25, -0.2) is 33.3 Å². The molecule has 1 saturated carbocycles. The minimum absolute atomic E-state index is 0.190. The topological polar surface area (TPSA) is 130 Å². The summed E-state index contributed by atoms with van der Waals surface area (Å²) in [6.07, 6.45) is 2.69. The number of aromatic nitrogens is 7. The predicted octanol–water partition coefficient (Wildman–Crippen LogP) is 5.77. The van der Waals surface area contributed by atoms with Gasteiger partial charge in [0.2, 0.25) is 15.9 Å². The molecule has 4 heterocycles. The zero-order chi connectivity index (χ0) is 32.4. The maximum atomic E-state index is 13.3. The molecule has 4 aromatic heterocycles. The molecule has 0 atom stereocenters. The number of nitrogens with one attached hydrogen (secondary N) is 1. The molecule has 6 aromatic rings. The highest BCUT2D eigenvalue weighted by molar-refractivity contribution is 7.92. The van der Waals surface area contributed by atoms with E-state index < -0.39 is 21.9 Å². The summed E-state index contributed by atoms with van der Waals surface area (Å²) >= 11 is 0. The average Bonchev–Trinajstić information content (AvgIpc) is 3.72. The van der Waals surface area contributed by atoms with Gasteiger partial charge in [0.1, 0.15) is 23.4 Å². The highest BCUT2D eigenvalue weighted by Crippen LogP contribution is 2.45. The number of anilines is 1. The maximum Gasteiger partial charge on any atom is 0.434 e. The van der Waals surface area contributed by atoms with Crippen molar-refractivity contribution in [1.29, 1.82) is 0 Å². The fourth-order valence-corrected chi connectivity index (χ4v) is 6.20. The van der Waals surface area contributed by atoms with E-state index >= 15 is 0 Å². The molecular weight excluding hydrogens is 621 g/mol. The summed E-state index contributed by atoms with van der Waals surface area (Å²) in [6, 6.07) is 12.3. The molecule has 7 rings (SSSR count). The van der Waals surface area contributed by atoms with E-state index in [9.17, 15) is 21.6 Å². The minimum Gasteiger partial charge on any atom is -0.480 e. The highest BCUT2D eigenvalue weighted by Gasteiger charge is 2.35. The Morgan fingerprint density at radius 1 is 1.02 bits per heavy atom. The van der Waals surface area contributed by atoms with E-state index in [1.165, 1.54) is 25.1 Å². The lowest BCUT2D eigenvalue weighted by molar-refractivity contribution is -0.140. The number of hydrogen-bond acceptors (Lipinski definition) is 8. The van der Waals surface area contributed by atoms with Crippen molar-refractivity contribution in [3.63, 3.8) is 0 Å². The van der Waals surface area contributed by atoms with Gasteiger partial charge in [0, 0.05) is 48.2 Å². The number of alkyl halides is 3. The van der Waals surface area contributed by atoms with Crippen molar-refractivity contribution >= 4 is 37.6 Å². The van der Waals surface area contributed by atoms with Crippen molar-refractivity contribution in [2.75, 3.05) is 18.1 Å². The second-order valence-electron chi connectivity index (χ2n) is 11.3. The van der Waals surface area contributed by atoms with E-state index in [2.05, 4.69) is 19.7 Å². The molecule has 11 nitrogen and oxygen atoms in total. The normalized spacial score (nSPS) is 13.9. The minimum atomic E-state index is -4.55. The standard InChI is InChI=1S/C31H27F3N8O3S/c1-41-15-24(31(32,33)34)38-28(41)19-6-4-17(5-7-19)14-42-23-12-20(40-46(3,43)44)10-11-21(23)22-13-35-27(39-29(22)42)25-26(18-8-9-18)36-16-37-30(25)45-2/h4-7,10-13,15-16,18,40H,8-9,14H2,1-3H3. The van der Waals surface area contributed by atoms with Crippen LogP contribution in [0.25, 0.3) is 44.7 Å². The number of ether oxygens (including phenoxy) is 1. The number of rotatable bonds is 8. The van der Waals surface area contributed by atoms with Gasteiger partial charge in [-0.15, -0.1) is 0 Å². The molecule has 1 fully saturated rings. The summed E-state index contributed by atoms with van der Waals surface area (Å²) in [4.78, 5) is 22.3. The van der Waals surface area contributed by atoms with Crippen LogP contribution < -0.4 is 9.46 Å². The first kappa shape index (κ1) is 29.6. The Kier molecular flexibility index (Phi) is 6.95. The lowest BCUT2D eigenvalue weighted by Crippen LogP contribution is -2.09. The van der Waals surface area contributed by atoms with Gasteiger partial charge in [-0.1, -0.05) is 30.3 Å². The second kappa shape index (κ2) is 10.8. The van der Waals surface area contributed by atoms with E-state index in [1.54, 1.807) is 30.5 Å². The molecule has 0 spiro atoms. The third-order valence-electron chi connectivity index (χ3n) is 7.85. The van der Waals surface area contributed by atoms with Crippen LogP contribution in [-0.2, 0) is 29.8 Å².